The lowest BCUT2D eigenvalue weighted by molar-refractivity contribution is -0.144. The predicted octanol–water partition coefficient (Wildman–Crippen LogP) is 8.46. The second-order valence-electron chi connectivity index (χ2n) is 15.4. The van der Waals surface area contributed by atoms with Crippen LogP contribution in [0.3, 0.4) is 0 Å². The number of aliphatic carboxylic acids is 1. The molecule has 0 unspecified atom stereocenters. The molecule has 4 aromatic rings. The summed E-state index contributed by atoms with van der Waals surface area (Å²) in [7, 11) is 1.50. The number of ketones is 2. The molecule has 300 valence electrons. The van der Waals surface area contributed by atoms with Crippen molar-refractivity contribution in [3.8, 4) is 33.8 Å². The fraction of sp³-hybridized carbons (Fsp3) is 0.383. The van der Waals surface area contributed by atoms with Crippen LogP contribution in [0.5, 0.6) is 11.5 Å². The number of phenolic OH excluding ortho intramolecular Hbond substituents is 2. The zero-order chi connectivity index (χ0) is 41.2. The van der Waals surface area contributed by atoms with E-state index in [4.69, 9.17) is 0 Å². The number of fused-ring (bicyclic) bond motifs is 5. The van der Waals surface area contributed by atoms with E-state index in [1.165, 1.54) is 60.8 Å². The van der Waals surface area contributed by atoms with Crippen molar-refractivity contribution < 1.29 is 39.3 Å². The zero-order valence-corrected chi connectivity index (χ0v) is 33.3. The fourth-order valence-corrected chi connectivity index (χ4v) is 7.55. The predicted molar refractivity (Wildman–Crippen MR) is 220 cm³/mol. The highest BCUT2D eigenvalue weighted by Crippen LogP contribution is 2.39. The maximum absolute atomic E-state index is 14.6. The SMILES string of the molecule is CCCCC[C@H](CC(=O)c1ccc(-c2ccc(CCCC)cc2)cc1)C(=O)N(C)[C@@H]1C(=O)C[C@@H](C)C(=O)N[C@H](C(=O)O)Cc2ccc(O)c(c2)-c2cc1ccc2O. The Bertz CT molecular complexity index is 2070. The van der Waals surface area contributed by atoms with Crippen molar-refractivity contribution in [1.29, 1.82) is 0 Å². The quantitative estimate of drug-likeness (QED) is 0.0733. The van der Waals surface area contributed by atoms with Gasteiger partial charge in [0.1, 0.15) is 23.6 Å². The lowest BCUT2D eigenvalue weighted by atomic mass is 9.88. The topological polar surface area (TPSA) is 161 Å². The van der Waals surface area contributed by atoms with Crippen LogP contribution in [-0.4, -0.2) is 62.7 Å². The largest absolute Gasteiger partial charge is 0.507 e. The van der Waals surface area contributed by atoms with Crippen molar-refractivity contribution in [3.63, 3.8) is 0 Å². The van der Waals surface area contributed by atoms with Crippen molar-refractivity contribution in [1.82, 2.24) is 10.2 Å². The number of nitrogens with one attached hydrogen (secondary N) is 1. The molecule has 10 heteroatoms. The minimum absolute atomic E-state index is 0.0733. The Hall–Kier alpha value is -5.77. The lowest BCUT2D eigenvalue weighted by Crippen LogP contribution is -2.45. The first-order chi connectivity index (χ1) is 27.3. The van der Waals surface area contributed by atoms with Gasteiger partial charge in [-0.05, 0) is 71.3 Å². The molecule has 4 bridgehead atoms. The molecule has 1 heterocycles. The summed E-state index contributed by atoms with van der Waals surface area (Å²) in [6.45, 7) is 5.75. The van der Waals surface area contributed by atoms with Crippen molar-refractivity contribution >= 4 is 29.4 Å². The fourth-order valence-electron chi connectivity index (χ4n) is 7.55. The highest BCUT2D eigenvalue weighted by Gasteiger charge is 2.36. The highest BCUT2D eigenvalue weighted by molar-refractivity contribution is 6.00. The molecule has 0 fully saturated rings. The smallest absolute Gasteiger partial charge is 0.326 e. The maximum Gasteiger partial charge on any atom is 0.326 e. The second kappa shape index (κ2) is 19.4. The molecule has 10 nitrogen and oxygen atoms in total. The third-order valence-electron chi connectivity index (χ3n) is 11.0. The molecule has 0 radical (unpaired) electrons. The molecular weight excluding hydrogens is 721 g/mol. The molecule has 4 atom stereocenters. The number of nitrogens with zero attached hydrogens (tertiary/aromatic N) is 1. The summed E-state index contributed by atoms with van der Waals surface area (Å²) in [5.74, 6) is -5.10. The number of carbonyl (C=O) groups excluding carboxylic acids is 4. The first kappa shape index (κ1) is 42.4. The second-order valence-corrected chi connectivity index (χ2v) is 15.4. The van der Waals surface area contributed by atoms with Crippen molar-refractivity contribution in [2.45, 2.75) is 97.1 Å². The van der Waals surface area contributed by atoms with Crippen LogP contribution in [0.2, 0.25) is 0 Å². The van der Waals surface area contributed by atoms with Gasteiger partial charge < -0.3 is 25.5 Å². The average Bonchev–Trinajstić information content (AvgIpc) is 3.20. The Morgan fingerprint density at radius 1 is 0.789 bits per heavy atom. The van der Waals surface area contributed by atoms with Gasteiger partial charge in [0.2, 0.25) is 11.8 Å². The summed E-state index contributed by atoms with van der Waals surface area (Å²) in [4.78, 5) is 69.5. The molecule has 4 N–H and O–H groups in total. The Morgan fingerprint density at radius 2 is 1.40 bits per heavy atom. The number of carboxylic acid groups (broad SMARTS) is 1. The maximum atomic E-state index is 14.6. The number of Topliss-reactive ketones (excluding diaryl/α,β-unsaturated/α-hetero) is 2. The summed E-state index contributed by atoms with van der Waals surface area (Å²) in [5, 5.41) is 34.4. The number of amides is 2. The normalized spacial score (nSPS) is 17.6. The van der Waals surface area contributed by atoms with E-state index < -0.39 is 47.5 Å². The van der Waals surface area contributed by atoms with Gasteiger partial charge in [0, 0.05) is 54.8 Å². The third-order valence-corrected chi connectivity index (χ3v) is 11.0. The molecule has 0 saturated carbocycles. The van der Waals surface area contributed by atoms with E-state index in [1.807, 2.05) is 19.1 Å². The van der Waals surface area contributed by atoms with Gasteiger partial charge >= 0.3 is 5.97 Å². The van der Waals surface area contributed by atoms with Crippen LogP contribution < -0.4 is 5.32 Å². The number of unbranched alkanes of at least 4 members (excludes halogenated alkanes) is 3. The molecule has 0 aliphatic carbocycles. The Kier molecular flexibility index (Phi) is 14.4. The minimum atomic E-state index is -1.32. The summed E-state index contributed by atoms with van der Waals surface area (Å²) in [6, 6.07) is 22.2. The van der Waals surface area contributed by atoms with Crippen molar-refractivity contribution in [2.75, 3.05) is 7.05 Å². The standard InChI is InChI=1S/C47H54N2O8/c1-5-7-9-11-36(28-42(52)34-19-17-33(18-20-34)32-15-12-30(13-16-32)10-8-6-2)46(55)49(4)44-35-21-23-41(51)38(27-35)37-25-31(14-22-40(37)50)26-39(47(56)57)48-45(54)29(3)24-43(44)53/h12-23,25,27,29,36,39,44,50-51H,5-11,24,26,28H2,1-4H3,(H,48,54)(H,56,57)/t29-,36-,39+,44+/m1/s1. The first-order valence-electron chi connectivity index (χ1n) is 20.0. The number of rotatable bonds is 14. The Balaban J connectivity index is 1.46. The summed E-state index contributed by atoms with van der Waals surface area (Å²) >= 11 is 0. The van der Waals surface area contributed by atoms with E-state index in [0.717, 1.165) is 43.2 Å². The summed E-state index contributed by atoms with van der Waals surface area (Å²) in [6.07, 6.45) is 5.67. The number of phenols is 2. The van der Waals surface area contributed by atoms with Crippen LogP contribution in [0.25, 0.3) is 22.3 Å². The lowest BCUT2D eigenvalue weighted by Gasteiger charge is -2.32. The van der Waals surface area contributed by atoms with E-state index in [2.05, 4.69) is 36.5 Å². The van der Waals surface area contributed by atoms with Gasteiger partial charge in [-0.15, -0.1) is 0 Å². The number of likely N-dealkylation sites (N-methyl/N-ethyl adjacent to an activating group) is 1. The number of benzene rings is 4. The van der Waals surface area contributed by atoms with Crippen molar-refractivity contribution in [2.24, 2.45) is 11.8 Å². The molecule has 0 saturated heterocycles. The van der Waals surface area contributed by atoms with E-state index in [-0.39, 0.29) is 47.7 Å². The highest BCUT2D eigenvalue weighted by atomic mass is 16.4. The number of aromatic hydroxyl groups is 2. The summed E-state index contributed by atoms with van der Waals surface area (Å²) < 4.78 is 0. The van der Waals surface area contributed by atoms with E-state index >= 15 is 0 Å². The van der Waals surface area contributed by atoms with Crippen LogP contribution in [0, 0.1) is 11.8 Å². The monoisotopic (exact) mass is 774 g/mol. The number of aryl methyl sites for hydroxylation is 1. The number of carboxylic acids is 1. The molecule has 1 aliphatic heterocycles. The molecular formula is C47H54N2O8. The first-order valence-corrected chi connectivity index (χ1v) is 20.0. The molecule has 0 aromatic heterocycles. The molecule has 0 spiro atoms. The molecule has 1 aliphatic rings. The minimum Gasteiger partial charge on any atom is -0.507 e. The van der Waals surface area contributed by atoms with Gasteiger partial charge in [-0.25, -0.2) is 4.79 Å². The van der Waals surface area contributed by atoms with E-state index in [0.29, 0.717) is 29.5 Å². The van der Waals surface area contributed by atoms with Crippen LogP contribution >= 0.6 is 0 Å². The van der Waals surface area contributed by atoms with Crippen LogP contribution in [0.1, 0.15) is 105 Å². The van der Waals surface area contributed by atoms with Gasteiger partial charge in [-0.1, -0.05) is 107 Å². The Morgan fingerprint density at radius 3 is 2.04 bits per heavy atom. The average molecular weight is 775 g/mol. The number of hydrogen-bond donors (Lipinski definition) is 4. The summed E-state index contributed by atoms with van der Waals surface area (Å²) in [5.41, 5.74) is 4.98. The van der Waals surface area contributed by atoms with Gasteiger partial charge in [0.25, 0.3) is 0 Å². The van der Waals surface area contributed by atoms with Crippen LogP contribution in [-0.2, 0) is 32.0 Å². The van der Waals surface area contributed by atoms with Gasteiger partial charge in [-0.3, -0.25) is 19.2 Å². The van der Waals surface area contributed by atoms with Crippen LogP contribution in [0.4, 0.5) is 0 Å². The molecule has 4 aromatic carbocycles. The van der Waals surface area contributed by atoms with Gasteiger partial charge in [-0.2, -0.15) is 0 Å². The molecule has 57 heavy (non-hydrogen) atoms. The number of hydrogen-bond acceptors (Lipinski definition) is 7. The van der Waals surface area contributed by atoms with Crippen LogP contribution in [0.15, 0.2) is 84.9 Å². The van der Waals surface area contributed by atoms with Gasteiger partial charge in [0.05, 0.1) is 0 Å². The molecule has 2 amide bonds. The van der Waals surface area contributed by atoms with E-state index in [1.54, 1.807) is 12.1 Å². The van der Waals surface area contributed by atoms with Gasteiger partial charge in [0.15, 0.2) is 11.6 Å². The number of carbonyl (C=O) groups is 5. The van der Waals surface area contributed by atoms with E-state index in [9.17, 15) is 39.3 Å². The van der Waals surface area contributed by atoms with Crippen molar-refractivity contribution in [3.05, 3.63) is 107 Å². The Labute approximate surface area is 334 Å². The molecule has 5 rings (SSSR count). The zero-order valence-electron chi connectivity index (χ0n) is 33.3. The third kappa shape index (κ3) is 10.6.